The van der Waals surface area contributed by atoms with Crippen molar-refractivity contribution in [2.24, 2.45) is 0 Å². The molecule has 2 aromatic heterocycles. The predicted octanol–water partition coefficient (Wildman–Crippen LogP) is 5.80. The van der Waals surface area contributed by atoms with Gasteiger partial charge in [-0.1, -0.05) is 30.3 Å². The van der Waals surface area contributed by atoms with Crippen LogP contribution < -0.4 is 15.5 Å². The zero-order valence-electron chi connectivity index (χ0n) is 38.9. The van der Waals surface area contributed by atoms with Crippen LogP contribution in [0.15, 0.2) is 67.0 Å². The number of carbonyl (C=O) groups excluding carboxylic acids is 5. The van der Waals surface area contributed by atoms with E-state index in [1.807, 2.05) is 24.0 Å². The van der Waals surface area contributed by atoms with Crippen LogP contribution in [0.25, 0.3) is 16.8 Å². The number of benzene rings is 3. The van der Waals surface area contributed by atoms with Crippen molar-refractivity contribution in [3.63, 3.8) is 0 Å². The number of likely N-dealkylation sites (tertiary alicyclic amines) is 1. The summed E-state index contributed by atoms with van der Waals surface area (Å²) in [5.41, 5.74) is 3.00. The van der Waals surface area contributed by atoms with Gasteiger partial charge in [-0.05, 0) is 100 Å². The van der Waals surface area contributed by atoms with Gasteiger partial charge in [-0.25, -0.2) is 14.1 Å². The molecule has 5 aromatic rings. The van der Waals surface area contributed by atoms with Crippen LogP contribution in [0.5, 0.6) is 0 Å². The minimum Gasteiger partial charge on any atom is -0.367 e. The van der Waals surface area contributed by atoms with E-state index >= 15 is 4.39 Å². The Labute approximate surface area is 395 Å². The molecular formula is C49H53F4N11O5. The van der Waals surface area contributed by atoms with E-state index in [0.29, 0.717) is 32.2 Å². The molecule has 0 aliphatic carbocycles. The van der Waals surface area contributed by atoms with E-state index < -0.39 is 58.8 Å². The summed E-state index contributed by atoms with van der Waals surface area (Å²) in [5, 5.41) is 15.4. The molecule has 1 atom stereocenters. The van der Waals surface area contributed by atoms with Gasteiger partial charge in [0.2, 0.25) is 11.8 Å². The van der Waals surface area contributed by atoms with E-state index in [4.69, 9.17) is 0 Å². The first kappa shape index (κ1) is 47.3. The number of nitrogens with zero attached hydrogens (tertiary/aromatic N) is 8. The molecule has 0 bridgehead atoms. The number of halogens is 4. The minimum atomic E-state index is -4.54. The number of piperazine rings is 1. The Bertz CT molecular complexity index is 2840. The molecule has 4 aliphatic heterocycles. The van der Waals surface area contributed by atoms with Gasteiger partial charge in [0, 0.05) is 63.5 Å². The quantitative estimate of drug-likeness (QED) is 0.108. The van der Waals surface area contributed by atoms with Crippen LogP contribution in [0, 0.1) is 12.7 Å². The van der Waals surface area contributed by atoms with Gasteiger partial charge in [-0.15, -0.1) is 0 Å². The van der Waals surface area contributed by atoms with Crippen molar-refractivity contribution in [3.05, 3.63) is 112 Å². The molecule has 9 rings (SSSR count). The fourth-order valence-electron chi connectivity index (χ4n) is 9.80. The number of hydrogen-bond donors (Lipinski definition) is 3. The third-order valence-corrected chi connectivity index (χ3v) is 14.4. The molecule has 362 valence electrons. The number of amides is 5. The third kappa shape index (κ3) is 8.90. The van der Waals surface area contributed by atoms with Crippen LogP contribution >= 0.6 is 0 Å². The fourth-order valence-corrected chi connectivity index (χ4v) is 9.80. The SMILES string of the molecule is Cc1cc(-c2ccc(C(C)(C)N3CCC(N4CCN(c5cc6c(cc5F)C(=O)N(C5CCC(=O)NC5=O)C6=O)CC4)CC3)cc2)ccc1-n1cc(C(=O)NCc2nc(C(C)(C)C(F)(F)F)n[nH]2)cn1. The van der Waals surface area contributed by atoms with Gasteiger partial charge in [0.25, 0.3) is 17.7 Å². The number of aryl methyl sites for hydroxylation is 1. The first-order valence-electron chi connectivity index (χ1n) is 23.0. The Morgan fingerprint density at radius 3 is 2.14 bits per heavy atom. The fraction of sp³-hybridized carbons (Fsp3) is 0.429. The van der Waals surface area contributed by atoms with E-state index in [1.54, 1.807) is 10.9 Å². The maximum absolute atomic E-state index is 15.6. The van der Waals surface area contributed by atoms with Gasteiger partial charge in [0.05, 0.1) is 40.8 Å². The lowest BCUT2D eigenvalue weighted by Crippen LogP contribution is -2.55. The van der Waals surface area contributed by atoms with Gasteiger partial charge in [-0.2, -0.15) is 23.4 Å². The van der Waals surface area contributed by atoms with Crippen molar-refractivity contribution in [1.29, 1.82) is 0 Å². The average Bonchev–Trinajstić information content (AvgIpc) is 4.07. The van der Waals surface area contributed by atoms with Gasteiger partial charge in [-0.3, -0.25) is 49.1 Å². The van der Waals surface area contributed by atoms with E-state index in [2.05, 4.69) is 84.9 Å². The number of rotatable bonds is 11. The topological polar surface area (TPSA) is 182 Å². The smallest absolute Gasteiger partial charge is 0.367 e. The number of aromatic amines is 1. The van der Waals surface area contributed by atoms with Crippen molar-refractivity contribution >= 4 is 35.2 Å². The Kier molecular flexibility index (Phi) is 12.3. The van der Waals surface area contributed by atoms with Crippen molar-refractivity contribution in [1.82, 2.24) is 50.3 Å². The van der Waals surface area contributed by atoms with Crippen LogP contribution in [0.4, 0.5) is 23.2 Å². The van der Waals surface area contributed by atoms with Crippen LogP contribution in [0.3, 0.4) is 0 Å². The van der Waals surface area contributed by atoms with E-state index in [-0.39, 0.29) is 53.1 Å². The number of aromatic nitrogens is 5. The van der Waals surface area contributed by atoms with Gasteiger partial charge >= 0.3 is 6.18 Å². The molecule has 0 saturated carbocycles. The molecule has 0 radical (unpaired) electrons. The number of piperidine rings is 2. The molecule has 16 nitrogen and oxygen atoms in total. The number of hydrogen-bond acceptors (Lipinski definition) is 11. The number of nitrogens with one attached hydrogen (secondary N) is 3. The van der Waals surface area contributed by atoms with Crippen LogP contribution in [-0.4, -0.2) is 127 Å². The number of imide groups is 2. The Morgan fingerprint density at radius 1 is 0.826 bits per heavy atom. The maximum Gasteiger partial charge on any atom is 0.401 e. The number of anilines is 1. The molecule has 1 unspecified atom stereocenters. The van der Waals surface area contributed by atoms with Crippen molar-refractivity contribution in [2.45, 2.75) is 96.1 Å². The molecule has 20 heteroatoms. The molecule has 3 aromatic carbocycles. The highest BCUT2D eigenvalue weighted by Crippen LogP contribution is 2.39. The van der Waals surface area contributed by atoms with Gasteiger partial charge in [0.15, 0.2) is 5.82 Å². The normalized spacial score (nSPS) is 19.1. The second kappa shape index (κ2) is 17.9. The molecule has 3 fully saturated rings. The summed E-state index contributed by atoms with van der Waals surface area (Å²) in [6.45, 7) is 12.6. The zero-order chi connectivity index (χ0) is 49.2. The molecule has 3 saturated heterocycles. The first-order valence-corrected chi connectivity index (χ1v) is 23.0. The maximum atomic E-state index is 15.6. The van der Waals surface area contributed by atoms with E-state index in [1.165, 1.54) is 17.8 Å². The molecule has 3 N–H and O–H groups in total. The standard InChI is InChI=1S/C49H53F4N11O5/c1-28-22-30(8-11-37(28)63-27-31(25-55-63)42(66)54-26-40-56-46(59-58-40)47(2,3)49(51,52)53)29-6-9-32(10-7-29)48(4,5)62-16-14-33(15-17-62)60-18-20-61(21-19-60)39-24-35-34(23-36(39)50)44(68)64(45(35)69)38-12-13-41(65)57-43(38)67/h6-11,22-25,27,33,38H,12-21,26H2,1-5H3,(H,54,66)(H,56,58,59)(H,57,65,67). The van der Waals surface area contributed by atoms with Crippen molar-refractivity contribution in [3.8, 4) is 16.8 Å². The van der Waals surface area contributed by atoms with E-state index in [9.17, 15) is 37.1 Å². The third-order valence-electron chi connectivity index (χ3n) is 14.4. The summed E-state index contributed by atoms with van der Waals surface area (Å²) in [4.78, 5) is 75.3. The largest absolute Gasteiger partial charge is 0.401 e. The molecular weight excluding hydrogens is 899 g/mol. The number of H-pyrrole nitrogens is 1. The lowest BCUT2D eigenvalue weighted by atomic mass is 9.88. The minimum absolute atomic E-state index is 0.00522. The Balaban J connectivity index is 0.763. The van der Waals surface area contributed by atoms with Crippen molar-refractivity contribution in [2.75, 3.05) is 44.2 Å². The van der Waals surface area contributed by atoms with Crippen molar-refractivity contribution < 1.29 is 41.5 Å². The molecule has 6 heterocycles. The van der Waals surface area contributed by atoms with Crippen LogP contribution in [0.2, 0.25) is 0 Å². The highest BCUT2D eigenvalue weighted by Gasteiger charge is 2.51. The monoisotopic (exact) mass is 951 g/mol. The summed E-state index contributed by atoms with van der Waals surface area (Å²) in [7, 11) is 0. The van der Waals surface area contributed by atoms with E-state index in [0.717, 1.165) is 73.1 Å². The summed E-state index contributed by atoms with van der Waals surface area (Å²) in [6, 6.07) is 16.4. The van der Waals surface area contributed by atoms with Gasteiger partial charge < -0.3 is 10.2 Å². The lowest BCUT2D eigenvalue weighted by molar-refractivity contribution is -0.182. The van der Waals surface area contributed by atoms with Crippen LogP contribution in [0.1, 0.15) is 107 Å². The first-order chi connectivity index (χ1) is 32.7. The zero-order valence-corrected chi connectivity index (χ0v) is 38.9. The highest BCUT2D eigenvalue weighted by molar-refractivity contribution is 6.23. The Morgan fingerprint density at radius 2 is 1.49 bits per heavy atom. The average molecular weight is 952 g/mol. The molecule has 5 amide bonds. The summed E-state index contributed by atoms with van der Waals surface area (Å²) in [5.74, 6) is -3.94. The number of fused-ring (bicyclic) bond motifs is 1. The summed E-state index contributed by atoms with van der Waals surface area (Å²) in [6.07, 6.45) is 0.463. The highest BCUT2D eigenvalue weighted by atomic mass is 19.4. The summed E-state index contributed by atoms with van der Waals surface area (Å²) >= 11 is 0. The predicted molar refractivity (Wildman–Crippen MR) is 245 cm³/mol. The second-order valence-corrected chi connectivity index (χ2v) is 19.3. The second-order valence-electron chi connectivity index (χ2n) is 19.3. The molecule has 0 spiro atoms. The Hall–Kier alpha value is -6.80. The lowest BCUT2D eigenvalue weighted by Gasteiger charge is -2.47. The summed E-state index contributed by atoms with van der Waals surface area (Å²) < 4.78 is 57.4. The number of alkyl halides is 3. The van der Waals surface area contributed by atoms with Gasteiger partial charge in [0.1, 0.15) is 23.1 Å². The van der Waals surface area contributed by atoms with Crippen LogP contribution in [-0.2, 0) is 27.1 Å². The number of carbonyl (C=O) groups is 5. The molecule has 69 heavy (non-hydrogen) atoms. The molecule has 4 aliphatic rings.